The Bertz CT molecular complexity index is 979. The standard InChI is InChI=1S/C21H22N2O4/c1-25-14-7-8-17-16(11-14)15-9-13(10-18(15)23-17)22-21(24)12-27-20-6-4-3-5-19(20)26-2/h3-8,11,13,23H,9-10,12H2,1-2H3,(H,22,24). The van der Waals surface area contributed by atoms with Crippen LogP contribution in [0.1, 0.15) is 11.3 Å². The smallest absolute Gasteiger partial charge is 0.258 e. The molecule has 1 aliphatic rings. The van der Waals surface area contributed by atoms with Crippen molar-refractivity contribution < 1.29 is 19.0 Å². The molecule has 0 saturated heterocycles. The maximum atomic E-state index is 12.3. The van der Waals surface area contributed by atoms with Gasteiger partial charge in [0, 0.05) is 29.1 Å². The molecule has 0 bridgehead atoms. The molecule has 0 radical (unpaired) electrons. The Morgan fingerprint density at radius 1 is 1.11 bits per heavy atom. The number of hydrogen-bond acceptors (Lipinski definition) is 4. The van der Waals surface area contributed by atoms with E-state index in [1.807, 2.05) is 30.3 Å². The van der Waals surface area contributed by atoms with Crippen molar-refractivity contribution in [3.8, 4) is 17.2 Å². The number of H-pyrrole nitrogens is 1. The average molecular weight is 366 g/mol. The lowest BCUT2D eigenvalue weighted by Crippen LogP contribution is -2.38. The monoisotopic (exact) mass is 366 g/mol. The highest BCUT2D eigenvalue weighted by molar-refractivity contribution is 5.87. The van der Waals surface area contributed by atoms with Gasteiger partial charge < -0.3 is 24.5 Å². The molecule has 140 valence electrons. The molecule has 0 fully saturated rings. The highest BCUT2D eigenvalue weighted by Gasteiger charge is 2.27. The zero-order valence-electron chi connectivity index (χ0n) is 15.4. The lowest BCUT2D eigenvalue weighted by atomic mass is 10.1. The van der Waals surface area contributed by atoms with Crippen LogP contribution in [0.2, 0.25) is 0 Å². The Balaban J connectivity index is 1.38. The van der Waals surface area contributed by atoms with E-state index in [9.17, 15) is 4.79 Å². The van der Waals surface area contributed by atoms with E-state index in [2.05, 4.69) is 10.3 Å². The molecule has 1 amide bonds. The number of benzene rings is 2. The first-order valence-corrected chi connectivity index (χ1v) is 8.90. The van der Waals surface area contributed by atoms with Crippen molar-refractivity contribution in [1.82, 2.24) is 10.3 Å². The third kappa shape index (κ3) is 3.43. The van der Waals surface area contributed by atoms with Gasteiger partial charge >= 0.3 is 0 Å². The van der Waals surface area contributed by atoms with Crippen LogP contribution in [-0.4, -0.2) is 37.8 Å². The summed E-state index contributed by atoms with van der Waals surface area (Å²) in [5, 5.41) is 4.22. The molecule has 27 heavy (non-hydrogen) atoms. The lowest BCUT2D eigenvalue weighted by molar-refractivity contribution is -0.123. The van der Waals surface area contributed by atoms with E-state index >= 15 is 0 Å². The minimum atomic E-state index is -0.141. The van der Waals surface area contributed by atoms with Gasteiger partial charge in [-0.05, 0) is 42.3 Å². The number of aromatic nitrogens is 1. The van der Waals surface area contributed by atoms with Crippen LogP contribution in [0.3, 0.4) is 0 Å². The topological polar surface area (TPSA) is 72.6 Å². The van der Waals surface area contributed by atoms with E-state index < -0.39 is 0 Å². The molecular weight excluding hydrogens is 344 g/mol. The minimum Gasteiger partial charge on any atom is -0.497 e. The quantitative estimate of drug-likeness (QED) is 0.704. The summed E-state index contributed by atoms with van der Waals surface area (Å²) >= 11 is 0. The van der Waals surface area contributed by atoms with Gasteiger partial charge in [0.1, 0.15) is 5.75 Å². The zero-order valence-corrected chi connectivity index (χ0v) is 15.4. The van der Waals surface area contributed by atoms with Gasteiger partial charge in [-0.1, -0.05) is 12.1 Å². The molecular formula is C21H22N2O4. The maximum absolute atomic E-state index is 12.3. The van der Waals surface area contributed by atoms with Crippen molar-refractivity contribution in [3.05, 3.63) is 53.7 Å². The van der Waals surface area contributed by atoms with E-state index in [-0.39, 0.29) is 18.6 Å². The van der Waals surface area contributed by atoms with Crippen molar-refractivity contribution in [2.24, 2.45) is 0 Å². The summed E-state index contributed by atoms with van der Waals surface area (Å²) in [6, 6.07) is 13.4. The molecule has 0 spiro atoms. The van der Waals surface area contributed by atoms with Crippen LogP contribution in [0.4, 0.5) is 0 Å². The average Bonchev–Trinajstić information content (AvgIpc) is 3.23. The fourth-order valence-electron chi connectivity index (χ4n) is 3.63. The van der Waals surface area contributed by atoms with Gasteiger partial charge in [-0.2, -0.15) is 0 Å². The van der Waals surface area contributed by atoms with Crippen molar-refractivity contribution in [3.63, 3.8) is 0 Å². The fraction of sp³-hybridized carbons (Fsp3) is 0.286. The van der Waals surface area contributed by atoms with Crippen LogP contribution in [-0.2, 0) is 17.6 Å². The van der Waals surface area contributed by atoms with E-state index in [4.69, 9.17) is 14.2 Å². The number of aromatic amines is 1. The normalized spacial score (nSPS) is 15.4. The maximum Gasteiger partial charge on any atom is 0.258 e. The number of para-hydroxylation sites is 2. The first-order chi connectivity index (χ1) is 13.2. The number of methoxy groups -OCH3 is 2. The third-order valence-electron chi connectivity index (χ3n) is 4.90. The van der Waals surface area contributed by atoms with Crippen molar-refractivity contribution in [2.45, 2.75) is 18.9 Å². The number of fused-ring (bicyclic) bond motifs is 3. The molecule has 2 aromatic carbocycles. The minimum absolute atomic E-state index is 0.0423. The van der Waals surface area contributed by atoms with E-state index in [1.165, 1.54) is 11.3 Å². The van der Waals surface area contributed by atoms with Crippen molar-refractivity contribution in [2.75, 3.05) is 20.8 Å². The molecule has 2 N–H and O–H groups in total. The largest absolute Gasteiger partial charge is 0.497 e. The lowest BCUT2D eigenvalue weighted by Gasteiger charge is -2.14. The number of nitrogens with one attached hydrogen (secondary N) is 2. The number of ether oxygens (including phenoxy) is 3. The highest BCUT2D eigenvalue weighted by Crippen LogP contribution is 2.32. The number of carbonyl (C=O) groups excluding carboxylic acids is 1. The van der Waals surface area contributed by atoms with Gasteiger partial charge in [-0.15, -0.1) is 0 Å². The Morgan fingerprint density at radius 3 is 2.70 bits per heavy atom. The van der Waals surface area contributed by atoms with Gasteiger partial charge in [0.15, 0.2) is 18.1 Å². The second kappa shape index (κ2) is 7.23. The predicted molar refractivity (Wildman–Crippen MR) is 103 cm³/mol. The molecule has 1 aromatic heterocycles. The molecule has 6 nitrogen and oxygen atoms in total. The second-order valence-corrected chi connectivity index (χ2v) is 6.61. The molecule has 4 rings (SSSR count). The highest BCUT2D eigenvalue weighted by atomic mass is 16.5. The van der Waals surface area contributed by atoms with Gasteiger partial charge in [-0.25, -0.2) is 0 Å². The number of carbonyl (C=O) groups is 1. The summed E-state index contributed by atoms with van der Waals surface area (Å²) in [7, 11) is 3.24. The Hall–Kier alpha value is -3.15. The molecule has 1 heterocycles. The Kier molecular flexibility index (Phi) is 4.62. The van der Waals surface area contributed by atoms with E-state index in [0.29, 0.717) is 11.5 Å². The Labute approximate surface area is 157 Å². The summed E-state index contributed by atoms with van der Waals surface area (Å²) in [4.78, 5) is 15.8. The molecule has 1 atom stereocenters. The fourth-order valence-corrected chi connectivity index (χ4v) is 3.63. The summed E-state index contributed by atoms with van der Waals surface area (Å²) < 4.78 is 16.2. The summed E-state index contributed by atoms with van der Waals surface area (Å²) in [6.45, 7) is -0.0423. The zero-order chi connectivity index (χ0) is 18.8. The molecule has 6 heteroatoms. The van der Waals surface area contributed by atoms with Crippen LogP contribution in [0.15, 0.2) is 42.5 Å². The summed E-state index contributed by atoms with van der Waals surface area (Å²) in [5.74, 6) is 1.87. The summed E-state index contributed by atoms with van der Waals surface area (Å²) in [6.07, 6.45) is 1.58. The second-order valence-electron chi connectivity index (χ2n) is 6.61. The van der Waals surface area contributed by atoms with Crippen LogP contribution < -0.4 is 19.5 Å². The SMILES string of the molecule is COc1ccc2[nH]c3c(c2c1)CC(NC(=O)COc1ccccc1OC)C3. The third-order valence-corrected chi connectivity index (χ3v) is 4.90. The van der Waals surface area contributed by atoms with Crippen molar-refractivity contribution >= 4 is 16.8 Å². The van der Waals surface area contributed by atoms with E-state index in [1.54, 1.807) is 26.4 Å². The van der Waals surface area contributed by atoms with Crippen molar-refractivity contribution in [1.29, 1.82) is 0 Å². The molecule has 3 aromatic rings. The van der Waals surface area contributed by atoms with Gasteiger partial charge in [0.05, 0.1) is 14.2 Å². The number of amides is 1. The van der Waals surface area contributed by atoms with Crippen LogP contribution in [0.25, 0.3) is 10.9 Å². The van der Waals surface area contributed by atoms with Crippen LogP contribution >= 0.6 is 0 Å². The number of rotatable bonds is 6. The molecule has 1 unspecified atom stereocenters. The van der Waals surface area contributed by atoms with Crippen LogP contribution in [0.5, 0.6) is 17.2 Å². The Morgan fingerprint density at radius 2 is 1.93 bits per heavy atom. The van der Waals surface area contributed by atoms with Crippen LogP contribution in [0, 0.1) is 0 Å². The van der Waals surface area contributed by atoms with Gasteiger partial charge in [0.25, 0.3) is 5.91 Å². The van der Waals surface area contributed by atoms with Gasteiger partial charge in [0.2, 0.25) is 0 Å². The first kappa shape index (κ1) is 17.3. The molecule has 1 aliphatic carbocycles. The first-order valence-electron chi connectivity index (χ1n) is 8.90. The summed E-state index contributed by atoms with van der Waals surface area (Å²) in [5.41, 5.74) is 3.53. The molecule has 0 saturated carbocycles. The predicted octanol–water partition coefficient (Wildman–Crippen LogP) is 2.85. The van der Waals surface area contributed by atoms with Gasteiger partial charge in [-0.3, -0.25) is 4.79 Å². The molecule has 0 aliphatic heterocycles. The van der Waals surface area contributed by atoms with E-state index in [0.717, 1.165) is 29.5 Å². The number of hydrogen-bond donors (Lipinski definition) is 2.